The Morgan fingerprint density at radius 1 is 1.03 bits per heavy atom. The van der Waals surface area contributed by atoms with Gasteiger partial charge < -0.3 is 10.2 Å². The van der Waals surface area contributed by atoms with Gasteiger partial charge in [0.05, 0.1) is 18.3 Å². The Morgan fingerprint density at radius 2 is 1.84 bits per heavy atom. The van der Waals surface area contributed by atoms with Gasteiger partial charge in [-0.3, -0.25) is 15.0 Å². The van der Waals surface area contributed by atoms with Crippen molar-refractivity contribution < 1.29 is 14.0 Å². The average molecular weight is 443 g/mol. The molecule has 4 rings (SSSR count). The fourth-order valence-corrected chi connectivity index (χ4v) is 4.65. The Labute approximate surface area is 187 Å². The maximum Gasteiger partial charge on any atom is 0.324 e. The van der Waals surface area contributed by atoms with Crippen molar-refractivity contribution in [2.24, 2.45) is 0 Å². The normalized spacial score (nSPS) is 20.6. The predicted molar refractivity (Wildman–Crippen MR) is 121 cm³/mol. The highest BCUT2D eigenvalue weighted by Crippen LogP contribution is 2.27. The molecule has 172 valence electrons. The van der Waals surface area contributed by atoms with Crippen molar-refractivity contribution in [3.05, 3.63) is 42.3 Å². The van der Waals surface area contributed by atoms with Crippen LogP contribution in [0.4, 0.5) is 20.7 Å². The Bertz CT molecular complexity index is 940. The number of amides is 3. The largest absolute Gasteiger partial charge is 0.341 e. The molecule has 2 aliphatic rings. The zero-order valence-electron chi connectivity index (χ0n) is 18.5. The molecule has 0 unspecified atom stereocenters. The number of likely N-dealkylation sites (N-methyl/N-ethyl adjacent to an activating group) is 1. The second-order valence-corrected chi connectivity index (χ2v) is 8.65. The van der Waals surface area contributed by atoms with Crippen LogP contribution in [-0.2, 0) is 4.79 Å². The molecule has 1 aromatic heterocycles. The number of carbonyl (C=O) groups is 2. The number of piperidine rings is 1. The summed E-state index contributed by atoms with van der Waals surface area (Å²) in [6, 6.07) is 7.12. The molecular formula is C23H31FN6O2. The summed E-state index contributed by atoms with van der Waals surface area (Å²) in [5.41, 5.74) is 0.379. The number of hydrogen-bond donors (Lipinski definition) is 2. The molecule has 0 saturated carbocycles. The summed E-state index contributed by atoms with van der Waals surface area (Å²) in [7, 11) is 2.05. The number of halogens is 1. The molecule has 1 aromatic carbocycles. The van der Waals surface area contributed by atoms with Crippen molar-refractivity contribution in [2.75, 3.05) is 37.3 Å². The minimum atomic E-state index is -0.457. The third-order valence-electron chi connectivity index (χ3n) is 6.42. The molecule has 2 saturated heterocycles. The first-order valence-corrected chi connectivity index (χ1v) is 11.4. The van der Waals surface area contributed by atoms with Gasteiger partial charge in [0, 0.05) is 24.8 Å². The van der Waals surface area contributed by atoms with Crippen molar-refractivity contribution in [1.82, 2.24) is 19.6 Å². The van der Waals surface area contributed by atoms with Gasteiger partial charge in [-0.05, 0) is 57.5 Å². The molecule has 1 atom stereocenters. The highest BCUT2D eigenvalue weighted by Gasteiger charge is 2.32. The van der Waals surface area contributed by atoms with Gasteiger partial charge in [-0.15, -0.1) is 0 Å². The Kier molecular flexibility index (Phi) is 7.04. The number of carbonyl (C=O) groups excluding carboxylic acids is 2. The lowest BCUT2D eigenvalue weighted by atomic mass is 10.0. The lowest BCUT2D eigenvalue weighted by Gasteiger charge is -2.36. The third kappa shape index (κ3) is 5.27. The van der Waals surface area contributed by atoms with Crippen LogP contribution in [0.15, 0.2) is 36.5 Å². The van der Waals surface area contributed by atoms with Crippen LogP contribution in [0.3, 0.4) is 0 Å². The second-order valence-electron chi connectivity index (χ2n) is 8.65. The molecule has 3 heterocycles. The molecule has 2 N–H and O–H groups in total. The first-order valence-electron chi connectivity index (χ1n) is 11.4. The quantitative estimate of drug-likeness (QED) is 0.756. The van der Waals surface area contributed by atoms with E-state index < -0.39 is 11.8 Å². The van der Waals surface area contributed by atoms with Crippen LogP contribution < -0.4 is 10.6 Å². The van der Waals surface area contributed by atoms with Gasteiger partial charge in [-0.1, -0.05) is 18.9 Å². The van der Waals surface area contributed by atoms with Crippen molar-refractivity contribution in [1.29, 1.82) is 0 Å². The number of benzene rings is 1. The van der Waals surface area contributed by atoms with E-state index in [1.54, 1.807) is 18.3 Å². The molecule has 9 heteroatoms. The molecule has 2 fully saturated rings. The summed E-state index contributed by atoms with van der Waals surface area (Å²) in [6.07, 6.45) is 7.60. The van der Waals surface area contributed by atoms with Crippen LogP contribution in [0.25, 0.3) is 0 Å². The monoisotopic (exact) mass is 442 g/mol. The standard InChI is InChI=1S/C23H31FN6O2/c1-28-13-4-2-3-8-20(28)22(31)29-14-10-19(11-15-29)30-21(9-12-25-30)27-23(32)26-18-7-5-6-17(24)16-18/h5-7,9,12,16,19-20H,2-4,8,10-11,13-15H2,1H3,(H2,26,27,32)/t20-/m0/s1. The first kappa shape index (κ1) is 22.3. The predicted octanol–water partition coefficient (Wildman–Crippen LogP) is 3.70. The lowest BCUT2D eigenvalue weighted by Crippen LogP contribution is -2.49. The van der Waals surface area contributed by atoms with Crippen LogP contribution in [0.1, 0.15) is 44.6 Å². The zero-order valence-corrected chi connectivity index (χ0v) is 18.5. The molecule has 8 nitrogen and oxygen atoms in total. The van der Waals surface area contributed by atoms with Crippen LogP contribution in [-0.4, -0.2) is 64.2 Å². The van der Waals surface area contributed by atoms with Crippen molar-refractivity contribution in [3.8, 4) is 0 Å². The van der Waals surface area contributed by atoms with E-state index in [9.17, 15) is 14.0 Å². The summed E-state index contributed by atoms with van der Waals surface area (Å²) in [6.45, 7) is 2.35. The van der Waals surface area contributed by atoms with Crippen molar-refractivity contribution in [2.45, 2.75) is 50.6 Å². The number of anilines is 2. The number of urea groups is 1. The molecule has 0 aliphatic carbocycles. The Morgan fingerprint density at radius 3 is 2.62 bits per heavy atom. The maximum absolute atomic E-state index is 13.3. The van der Waals surface area contributed by atoms with Gasteiger partial charge in [0.2, 0.25) is 5.91 Å². The molecule has 0 spiro atoms. The van der Waals surface area contributed by atoms with Gasteiger partial charge in [0.15, 0.2) is 0 Å². The fraction of sp³-hybridized carbons (Fsp3) is 0.522. The summed E-state index contributed by atoms with van der Waals surface area (Å²) < 4.78 is 15.1. The van der Waals surface area contributed by atoms with E-state index in [4.69, 9.17) is 0 Å². The van der Waals surface area contributed by atoms with Crippen LogP contribution in [0.5, 0.6) is 0 Å². The van der Waals surface area contributed by atoms with Crippen molar-refractivity contribution >= 4 is 23.4 Å². The summed E-state index contributed by atoms with van der Waals surface area (Å²) in [5.74, 6) is 0.400. The molecule has 0 radical (unpaired) electrons. The van der Waals surface area contributed by atoms with E-state index in [0.717, 1.165) is 38.6 Å². The SMILES string of the molecule is CN1CCCCC[C@H]1C(=O)N1CCC(n2nccc2NC(=O)Nc2cccc(F)c2)CC1. The van der Waals surface area contributed by atoms with Crippen molar-refractivity contribution in [3.63, 3.8) is 0 Å². The molecule has 2 aromatic rings. The van der Waals surface area contributed by atoms with Crippen LogP contribution in [0.2, 0.25) is 0 Å². The first-order chi connectivity index (χ1) is 15.5. The average Bonchev–Trinajstić information content (AvgIpc) is 3.12. The van der Waals surface area contributed by atoms with E-state index in [0.29, 0.717) is 24.6 Å². The summed E-state index contributed by atoms with van der Waals surface area (Å²) in [5, 5.41) is 9.83. The molecule has 0 bridgehead atoms. The fourth-order valence-electron chi connectivity index (χ4n) is 4.65. The van der Waals surface area contributed by atoms with Gasteiger partial charge in [-0.2, -0.15) is 5.10 Å². The Hall–Kier alpha value is -2.94. The third-order valence-corrected chi connectivity index (χ3v) is 6.42. The molecule has 3 amide bonds. The van der Waals surface area contributed by atoms with E-state index in [2.05, 4.69) is 27.7 Å². The topological polar surface area (TPSA) is 82.5 Å². The highest BCUT2D eigenvalue weighted by molar-refractivity contribution is 5.99. The minimum Gasteiger partial charge on any atom is -0.341 e. The number of rotatable bonds is 4. The number of hydrogen-bond acceptors (Lipinski definition) is 4. The number of nitrogens with one attached hydrogen (secondary N) is 2. The van der Waals surface area contributed by atoms with Gasteiger partial charge in [-0.25, -0.2) is 13.9 Å². The van der Waals surface area contributed by atoms with E-state index in [1.807, 2.05) is 9.58 Å². The number of aromatic nitrogens is 2. The van der Waals surface area contributed by atoms with Crippen LogP contribution >= 0.6 is 0 Å². The number of likely N-dealkylation sites (tertiary alicyclic amines) is 2. The van der Waals surface area contributed by atoms with E-state index in [-0.39, 0.29) is 18.0 Å². The van der Waals surface area contributed by atoms with Gasteiger partial charge >= 0.3 is 6.03 Å². The maximum atomic E-state index is 13.3. The molecule has 32 heavy (non-hydrogen) atoms. The second kappa shape index (κ2) is 10.1. The Balaban J connectivity index is 1.33. The van der Waals surface area contributed by atoms with Crippen LogP contribution in [0, 0.1) is 5.82 Å². The summed E-state index contributed by atoms with van der Waals surface area (Å²) in [4.78, 5) is 29.6. The molecule has 2 aliphatic heterocycles. The summed E-state index contributed by atoms with van der Waals surface area (Å²) >= 11 is 0. The minimum absolute atomic E-state index is 0.0116. The van der Waals surface area contributed by atoms with Gasteiger partial charge in [0.1, 0.15) is 11.6 Å². The molecular weight excluding hydrogens is 411 g/mol. The lowest BCUT2D eigenvalue weighted by molar-refractivity contribution is -0.138. The van der Waals surface area contributed by atoms with Gasteiger partial charge in [0.25, 0.3) is 0 Å². The smallest absolute Gasteiger partial charge is 0.324 e. The van der Waals surface area contributed by atoms with E-state index >= 15 is 0 Å². The highest BCUT2D eigenvalue weighted by atomic mass is 19.1. The zero-order chi connectivity index (χ0) is 22.5. The van der Waals surface area contributed by atoms with E-state index in [1.165, 1.54) is 24.6 Å². The number of nitrogens with zero attached hydrogens (tertiary/aromatic N) is 4.